The summed E-state index contributed by atoms with van der Waals surface area (Å²) in [5, 5.41) is 6.50. The quantitative estimate of drug-likeness (QED) is 0.913. The van der Waals surface area contributed by atoms with Gasteiger partial charge in [0.05, 0.1) is 7.11 Å². The molecule has 0 atom stereocenters. The highest BCUT2D eigenvalue weighted by Gasteiger charge is 2.30. The molecule has 0 spiro atoms. The largest absolute Gasteiger partial charge is 0.497 e. The highest BCUT2D eigenvalue weighted by atomic mass is 32.1. The van der Waals surface area contributed by atoms with Crippen LogP contribution in [-0.4, -0.2) is 18.1 Å². The molecule has 1 heterocycles. The number of benzene rings is 1. The maximum Gasteiger partial charge on any atom is 0.182 e. The molecule has 3 rings (SSSR count). The lowest BCUT2D eigenvalue weighted by Crippen LogP contribution is -2.33. The molecule has 2 aromatic rings. The first-order chi connectivity index (χ1) is 8.85. The zero-order chi connectivity index (χ0) is 12.4. The number of anilines is 1. The molecule has 3 nitrogen and oxygen atoms in total. The third kappa shape index (κ3) is 2.34. The van der Waals surface area contributed by atoms with Gasteiger partial charge >= 0.3 is 0 Å². The number of thiazole rings is 1. The van der Waals surface area contributed by atoms with E-state index in [-0.39, 0.29) is 0 Å². The second-order valence-electron chi connectivity index (χ2n) is 4.62. The third-order valence-electron chi connectivity index (χ3n) is 3.49. The number of rotatable bonds is 4. The van der Waals surface area contributed by atoms with Crippen molar-refractivity contribution >= 4 is 16.5 Å². The van der Waals surface area contributed by atoms with Crippen molar-refractivity contribution in [2.24, 2.45) is 0 Å². The van der Waals surface area contributed by atoms with Gasteiger partial charge in [0.15, 0.2) is 5.13 Å². The van der Waals surface area contributed by atoms with Crippen molar-refractivity contribution in [3.05, 3.63) is 41.4 Å². The molecule has 0 saturated heterocycles. The molecule has 0 bridgehead atoms. The zero-order valence-corrected chi connectivity index (χ0v) is 11.1. The van der Waals surface area contributed by atoms with Gasteiger partial charge in [0.1, 0.15) is 5.75 Å². The molecule has 0 amide bonds. The van der Waals surface area contributed by atoms with Gasteiger partial charge in [-0.15, -0.1) is 11.3 Å². The smallest absolute Gasteiger partial charge is 0.182 e. The van der Waals surface area contributed by atoms with Crippen LogP contribution in [0.4, 0.5) is 5.13 Å². The predicted molar refractivity (Wildman–Crippen MR) is 74.5 cm³/mol. The van der Waals surface area contributed by atoms with E-state index in [9.17, 15) is 0 Å². The Bertz CT molecular complexity index is 489. The zero-order valence-electron chi connectivity index (χ0n) is 10.3. The summed E-state index contributed by atoms with van der Waals surface area (Å²) < 4.78 is 5.17. The van der Waals surface area contributed by atoms with Crippen molar-refractivity contribution in [1.82, 2.24) is 4.98 Å². The molecular weight excluding hydrogens is 244 g/mol. The van der Waals surface area contributed by atoms with Crippen molar-refractivity contribution in [1.29, 1.82) is 0 Å². The first-order valence-corrected chi connectivity index (χ1v) is 7.03. The summed E-state index contributed by atoms with van der Waals surface area (Å²) in [5.74, 6) is 1.60. The molecule has 1 aliphatic rings. The fourth-order valence-electron chi connectivity index (χ4n) is 2.35. The molecule has 1 saturated carbocycles. The second-order valence-corrected chi connectivity index (χ2v) is 5.51. The molecule has 1 fully saturated rings. The molecule has 94 valence electrons. The van der Waals surface area contributed by atoms with Gasteiger partial charge < -0.3 is 10.1 Å². The Morgan fingerprint density at radius 3 is 2.67 bits per heavy atom. The Morgan fingerprint density at radius 1 is 1.28 bits per heavy atom. The van der Waals surface area contributed by atoms with E-state index in [0.717, 1.165) is 10.9 Å². The van der Waals surface area contributed by atoms with E-state index in [2.05, 4.69) is 22.4 Å². The van der Waals surface area contributed by atoms with E-state index in [1.165, 1.54) is 18.4 Å². The number of hydrogen-bond donors (Lipinski definition) is 1. The van der Waals surface area contributed by atoms with Crippen LogP contribution >= 0.6 is 11.3 Å². The van der Waals surface area contributed by atoms with Gasteiger partial charge in [0, 0.05) is 17.6 Å². The Kier molecular flexibility index (Phi) is 3.19. The third-order valence-corrected chi connectivity index (χ3v) is 4.19. The Morgan fingerprint density at radius 2 is 2.06 bits per heavy atom. The van der Waals surface area contributed by atoms with Crippen LogP contribution < -0.4 is 10.1 Å². The van der Waals surface area contributed by atoms with Gasteiger partial charge in [-0.2, -0.15) is 0 Å². The van der Waals surface area contributed by atoms with Gasteiger partial charge in [0.2, 0.25) is 0 Å². The number of methoxy groups -OCH3 is 1. The molecule has 1 N–H and O–H groups in total. The van der Waals surface area contributed by atoms with Gasteiger partial charge in [-0.25, -0.2) is 4.98 Å². The van der Waals surface area contributed by atoms with Crippen LogP contribution in [0.25, 0.3) is 0 Å². The van der Waals surface area contributed by atoms with Crippen LogP contribution in [-0.2, 0) is 0 Å². The molecule has 1 aromatic carbocycles. The summed E-state index contributed by atoms with van der Waals surface area (Å²) in [6, 6.07) is 8.99. The Hall–Kier alpha value is -1.55. The van der Waals surface area contributed by atoms with E-state index in [4.69, 9.17) is 4.74 Å². The summed E-state index contributed by atoms with van der Waals surface area (Å²) in [6.07, 6.45) is 4.21. The van der Waals surface area contributed by atoms with E-state index in [1.807, 2.05) is 23.7 Å². The maximum atomic E-state index is 5.17. The minimum Gasteiger partial charge on any atom is -0.497 e. The van der Waals surface area contributed by atoms with Crippen molar-refractivity contribution in [3.8, 4) is 5.75 Å². The number of hydrogen-bond acceptors (Lipinski definition) is 4. The normalized spacial score (nSPS) is 22.3. The monoisotopic (exact) mass is 260 g/mol. The lowest BCUT2D eigenvalue weighted by Gasteiger charge is -2.36. The van der Waals surface area contributed by atoms with E-state index in [1.54, 1.807) is 18.4 Å². The lowest BCUT2D eigenvalue weighted by molar-refractivity contribution is 0.373. The molecule has 1 aromatic heterocycles. The first kappa shape index (κ1) is 11.5. The standard InChI is InChI=1S/C14H16N2OS/c1-17-13-4-2-10(3-5-13)11-8-12(9-11)16-14-15-6-7-18-14/h2-7,11-12H,8-9H2,1H3,(H,15,16). The van der Waals surface area contributed by atoms with Crippen LogP contribution in [0, 0.1) is 0 Å². The number of aromatic nitrogens is 1. The fraction of sp³-hybridized carbons (Fsp3) is 0.357. The molecule has 0 radical (unpaired) electrons. The second kappa shape index (κ2) is 4.98. The van der Waals surface area contributed by atoms with Crippen molar-refractivity contribution in [2.75, 3.05) is 12.4 Å². The van der Waals surface area contributed by atoms with Gasteiger partial charge in [-0.05, 0) is 36.5 Å². The summed E-state index contributed by atoms with van der Waals surface area (Å²) in [7, 11) is 1.70. The van der Waals surface area contributed by atoms with Crippen LogP contribution in [0.2, 0.25) is 0 Å². The van der Waals surface area contributed by atoms with E-state index < -0.39 is 0 Å². The minimum absolute atomic E-state index is 0.572. The average molecular weight is 260 g/mol. The van der Waals surface area contributed by atoms with Gasteiger partial charge in [-0.3, -0.25) is 0 Å². The number of nitrogens with one attached hydrogen (secondary N) is 1. The number of ether oxygens (including phenoxy) is 1. The maximum absolute atomic E-state index is 5.17. The van der Waals surface area contributed by atoms with Crippen molar-refractivity contribution in [3.63, 3.8) is 0 Å². The minimum atomic E-state index is 0.572. The summed E-state index contributed by atoms with van der Waals surface area (Å²) >= 11 is 1.66. The van der Waals surface area contributed by atoms with Crippen LogP contribution in [0.15, 0.2) is 35.8 Å². The average Bonchev–Trinajstić information content (AvgIpc) is 2.86. The van der Waals surface area contributed by atoms with E-state index in [0.29, 0.717) is 12.0 Å². The SMILES string of the molecule is COc1ccc(C2CC(Nc3nccs3)C2)cc1. The number of nitrogens with zero attached hydrogens (tertiary/aromatic N) is 1. The lowest BCUT2D eigenvalue weighted by atomic mass is 9.76. The van der Waals surface area contributed by atoms with E-state index >= 15 is 0 Å². The summed E-state index contributed by atoms with van der Waals surface area (Å²) in [5.41, 5.74) is 1.41. The molecule has 0 aliphatic heterocycles. The van der Waals surface area contributed by atoms with Crippen LogP contribution in [0.3, 0.4) is 0 Å². The Balaban J connectivity index is 1.54. The predicted octanol–water partition coefficient (Wildman–Crippen LogP) is 3.51. The first-order valence-electron chi connectivity index (χ1n) is 6.15. The highest BCUT2D eigenvalue weighted by molar-refractivity contribution is 7.13. The molecule has 1 aliphatic carbocycles. The van der Waals surface area contributed by atoms with Gasteiger partial charge in [-0.1, -0.05) is 12.1 Å². The summed E-state index contributed by atoms with van der Waals surface area (Å²) in [4.78, 5) is 4.25. The topological polar surface area (TPSA) is 34.1 Å². The van der Waals surface area contributed by atoms with Gasteiger partial charge in [0.25, 0.3) is 0 Å². The highest BCUT2D eigenvalue weighted by Crippen LogP contribution is 2.39. The Labute approximate surface area is 111 Å². The molecular formula is C14H16N2OS. The molecule has 4 heteroatoms. The molecule has 0 unspecified atom stereocenters. The van der Waals surface area contributed by atoms with Crippen molar-refractivity contribution in [2.45, 2.75) is 24.8 Å². The molecule has 18 heavy (non-hydrogen) atoms. The summed E-state index contributed by atoms with van der Waals surface area (Å²) in [6.45, 7) is 0. The fourth-order valence-corrected chi connectivity index (χ4v) is 2.96. The van der Waals surface area contributed by atoms with Crippen LogP contribution in [0.5, 0.6) is 5.75 Å². The van der Waals surface area contributed by atoms with Crippen molar-refractivity contribution < 1.29 is 4.74 Å². The van der Waals surface area contributed by atoms with Crippen LogP contribution in [0.1, 0.15) is 24.3 Å².